The molecule has 0 heterocycles. The van der Waals surface area contributed by atoms with E-state index >= 15 is 0 Å². The topological polar surface area (TPSA) is 68.3 Å². The van der Waals surface area contributed by atoms with Crippen molar-refractivity contribution in [2.45, 2.75) is 48.9 Å². The Morgan fingerprint density at radius 1 is 0.472 bits per heavy atom. The van der Waals surface area contributed by atoms with Crippen molar-refractivity contribution < 1.29 is 80.6 Å². The second kappa shape index (κ2) is 9.42. The summed E-state index contributed by atoms with van der Waals surface area (Å²) in [4.78, 5) is 46.0. The predicted molar refractivity (Wildman–Crippen MR) is 86.2 cm³/mol. The number of alkyl halides is 14. The van der Waals surface area contributed by atoms with Crippen LogP contribution in [0.3, 0.4) is 0 Å². The van der Waals surface area contributed by atoms with E-state index in [9.17, 15) is 80.6 Å². The van der Waals surface area contributed by atoms with Crippen molar-refractivity contribution in [3.8, 4) is 0 Å². The highest BCUT2D eigenvalue weighted by atomic mass is 19.4. The lowest BCUT2D eigenvalue weighted by molar-refractivity contribution is -0.343. The number of benzene rings is 1. The van der Waals surface area contributed by atoms with Crippen LogP contribution < -0.4 is 0 Å². The van der Waals surface area contributed by atoms with Crippen LogP contribution in [0, 0.1) is 0 Å². The predicted octanol–water partition coefficient (Wildman–Crippen LogP) is 5.64. The van der Waals surface area contributed by atoms with Crippen molar-refractivity contribution in [1.82, 2.24) is 0 Å². The summed E-state index contributed by atoms with van der Waals surface area (Å²) >= 11 is 0. The lowest BCUT2D eigenvalue weighted by Crippen LogP contribution is -2.56. The second-order valence-electron chi connectivity index (χ2n) is 6.92. The summed E-state index contributed by atoms with van der Waals surface area (Å²) in [6, 6.07) is 1.65. The highest BCUT2D eigenvalue weighted by Crippen LogP contribution is 2.48. The third kappa shape index (κ3) is 5.50. The zero-order chi connectivity index (χ0) is 28.7. The van der Waals surface area contributed by atoms with Crippen LogP contribution >= 0.6 is 0 Å². The van der Waals surface area contributed by atoms with E-state index in [-0.39, 0.29) is 0 Å². The molecule has 0 aliphatic heterocycles. The Bertz CT molecular complexity index is 952. The summed E-state index contributed by atoms with van der Waals surface area (Å²) in [7, 11) is 0. The molecule has 0 saturated heterocycles. The lowest BCUT2D eigenvalue weighted by atomic mass is 9.96. The minimum absolute atomic E-state index is 0.413. The van der Waals surface area contributed by atoms with Crippen molar-refractivity contribution in [3.05, 3.63) is 35.4 Å². The van der Waals surface area contributed by atoms with Gasteiger partial charge in [-0.3, -0.25) is 19.2 Å². The standard InChI is InChI=1S/C18H8F14O4/c19-13(20,15(23,24)17(27,28)29)11(35)5-9(33)7-1-2-8(4-3-7)10(34)6-12(36)14(21,22)16(25,26)18(30,31)32/h1-4H,5-6H2. The molecular formula is C18H8F14O4. The molecule has 0 amide bonds. The van der Waals surface area contributed by atoms with Gasteiger partial charge < -0.3 is 0 Å². The molecule has 1 aromatic rings. The Labute approximate surface area is 189 Å². The summed E-state index contributed by atoms with van der Waals surface area (Å²) in [5, 5.41) is 0. The van der Waals surface area contributed by atoms with Crippen molar-refractivity contribution in [2.24, 2.45) is 0 Å². The molecule has 0 fully saturated rings. The number of rotatable bonds is 10. The second-order valence-corrected chi connectivity index (χ2v) is 6.92. The summed E-state index contributed by atoms with van der Waals surface area (Å²) in [5.41, 5.74) is -1.77. The molecule has 18 heteroatoms. The molecule has 36 heavy (non-hydrogen) atoms. The van der Waals surface area contributed by atoms with Crippen molar-refractivity contribution in [1.29, 1.82) is 0 Å². The Kier molecular flexibility index (Phi) is 8.10. The normalized spacial score (nSPS) is 13.9. The molecule has 0 bridgehead atoms. The Hall–Kier alpha value is -3.08. The summed E-state index contributed by atoms with van der Waals surface area (Å²) in [5.74, 6) is -36.3. The van der Waals surface area contributed by atoms with Gasteiger partial charge in [0.05, 0.1) is 12.8 Å². The van der Waals surface area contributed by atoms with Gasteiger partial charge in [-0.25, -0.2) is 0 Å². The van der Waals surface area contributed by atoms with Crippen LogP contribution in [-0.2, 0) is 9.59 Å². The quantitative estimate of drug-likeness (QED) is 0.214. The van der Waals surface area contributed by atoms with Crippen LogP contribution in [0.4, 0.5) is 61.5 Å². The van der Waals surface area contributed by atoms with Gasteiger partial charge >= 0.3 is 36.0 Å². The van der Waals surface area contributed by atoms with E-state index in [0.29, 0.717) is 24.3 Å². The maximum atomic E-state index is 13.3. The minimum Gasteiger partial charge on any atom is -0.294 e. The molecule has 0 saturated carbocycles. The Balaban J connectivity index is 3.00. The first-order valence-electron chi connectivity index (χ1n) is 8.70. The summed E-state index contributed by atoms with van der Waals surface area (Å²) in [6.45, 7) is 0. The monoisotopic (exact) mass is 554 g/mol. The van der Waals surface area contributed by atoms with Crippen molar-refractivity contribution in [3.63, 3.8) is 0 Å². The highest BCUT2D eigenvalue weighted by molar-refractivity contribution is 6.12. The largest absolute Gasteiger partial charge is 0.460 e. The first-order chi connectivity index (χ1) is 15.8. The van der Waals surface area contributed by atoms with E-state index in [1.165, 1.54) is 0 Å². The summed E-state index contributed by atoms with van der Waals surface area (Å²) < 4.78 is 177. The van der Waals surface area contributed by atoms with Gasteiger partial charge in [0.25, 0.3) is 0 Å². The van der Waals surface area contributed by atoms with Gasteiger partial charge in [0.15, 0.2) is 11.6 Å². The number of halogens is 14. The fourth-order valence-corrected chi connectivity index (χ4v) is 2.27. The number of carbonyl (C=O) groups is 4. The van der Waals surface area contributed by atoms with E-state index in [2.05, 4.69) is 0 Å². The Morgan fingerprint density at radius 3 is 0.889 bits per heavy atom. The molecule has 1 rings (SSSR count). The van der Waals surface area contributed by atoms with Crippen LogP contribution in [0.2, 0.25) is 0 Å². The van der Waals surface area contributed by atoms with Gasteiger partial charge in [0.1, 0.15) is 0 Å². The molecule has 4 nitrogen and oxygen atoms in total. The maximum Gasteiger partial charge on any atom is 0.460 e. The van der Waals surface area contributed by atoms with Gasteiger partial charge in [0, 0.05) is 11.1 Å². The van der Waals surface area contributed by atoms with E-state index in [1.807, 2.05) is 0 Å². The van der Waals surface area contributed by atoms with E-state index in [0.717, 1.165) is 0 Å². The molecule has 0 radical (unpaired) electrons. The van der Waals surface area contributed by atoms with Gasteiger partial charge in [-0.15, -0.1) is 0 Å². The zero-order valence-electron chi connectivity index (χ0n) is 16.6. The molecule has 202 valence electrons. The van der Waals surface area contributed by atoms with Crippen LogP contribution in [0.1, 0.15) is 33.6 Å². The van der Waals surface area contributed by atoms with Crippen LogP contribution in [-0.4, -0.2) is 59.2 Å². The first kappa shape index (κ1) is 31.0. The van der Waals surface area contributed by atoms with Crippen LogP contribution in [0.5, 0.6) is 0 Å². The van der Waals surface area contributed by atoms with Gasteiger partial charge in [-0.2, -0.15) is 61.5 Å². The minimum atomic E-state index is -6.87. The number of hydrogen-bond acceptors (Lipinski definition) is 4. The molecule has 0 aliphatic rings. The summed E-state index contributed by atoms with van der Waals surface area (Å²) in [6.07, 6.45) is -18.1. The number of Topliss-reactive ketones (excluding diaryl/α,β-unsaturated/α-hetero) is 4. The number of hydrogen-bond donors (Lipinski definition) is 0. The molecule has 0 spiro atoms. The van der Waals surface area contributed by atoms with Crippen LogP contribution in [0.15, 0.2) is 24.3 Å². The highest BCUT2D eigenvalue weighted by Gasteiger charge is 2.76. The smallest absolute Gasteiger partial charge is 0.294 e. The van der Waals surface area contributed by atoms with E-state index < -0.39 is 83.1 Å². The SMILES string of the molecule is O=C(CC(=O)C(F)(F)C(F)(F)C(F)(F)F)c1ccc(C(=O)CC(=O)C(F)(F)C(F)(F)C(F)(F)F)cc1. The van der Waals surface area contributed by atoms with Gasteiger partial charge in [0.2, 0.25) is 11.6 Å². The fraction of sp³-hybridized carbons (Fsp3) is 0.444. The zero-order valence-corrected chi connectivity index (χ0v) is 16.6. The third-order valence-electron chi connectivity index (χ3n) is 4.37. The van der Waals surface area contributed by atoms with Gasteiger partial charge in [-0.1, -0.05) is 24.3 Å². The first-order valence-corrected chi connectivity index (χ1v) is 8.70. The number of ketones is 4. The van der Waals surface area contributed by atoms with Crippen molar-refractivity contribution >= 4 is 23.1 Å². The molecule has 0 aliphatic carbocycles. The van der Waals surface area contributed by atoms with Crippen LogP contribution in [0.25, 0.3) is 0 Å². The average Bonchev–Trinajstić information content (AvgIpc) is 2.71. The molecule has 0 atom stereocenters. The maximum absolute atomic E-state index is 13.3. The average molecular weight is 554 g/mol. The lowest BCUT2D eigenvalue weighted by Gasteiger charge is -2.26. The van der Waals surface area contributed by atoms with E-state index in [4.69, 9.17) is 0 Å². The molecule has 0 unspecified atom stereocenters. The molecule has 0 N–H and O–H groups in total. The van der Waals surface area contributed by atoms with Crippen molar-refractivity contribution in [2.75, 3.05) is 0 Å². The number of carbonyl (C=O) groups excluding carboxylic acids is 4. The molecule has 0 aromatic heterocycles. The van der Waals surface area contributed by atoms with Gasteiger partial charge in [-0.05, 0) is 0 Å². The Morgan fingerprint density at radius 2 is 0.694 bits per heavy atom. The molecule has 1 aromatic carbocycles. The molecular weight excluding hydrogens is 546 g/mol. The third-order valence-corrected chi connectivity index (χ3v) is 4.37. The fourth-order valence-electron chi connectivity index (χ4n) is 2.27. The van der Waals surface area contributed by atoms with E-state index in [1.54, 1.807) is 0 Å².